The molecular formula is C59H36N2. The van der Waals surface area contributed by atoms with Gasteiger partial charge in [0.15, 0.2) is 0 Å². The summed E-state index contributed by atoms with van der Waals surface area (Å²) < 4.78 is 2.51. The Labute approximate surface area is 353 Å². The first-order valence-electron chi connectivity index (χ1n) is 21.3. The molecule has 10 aromatic carbocycles. The number of benzene rings is 10. The molecule has 0 fully saturated rings. The van der Waals surface area contributed by atoms with Gasteiger partial charge in [-0.3, -0.25) is 0 Å². The number of aromatic nitrogens is 1. The van der Waals surface area contributed by atoms with E-state index in [1.807, 2.05) is 0 Å². The summed E-state index contributed by atoms with van der Waals surface area (Å²) in [5.74, 6) is 0. The number of anilines is 3. The summed E-state index contributed by atoms with van der Waals surface area (Å²) in [6.45, 7) is 0. The zero-order valence-electron chi connectivity index (χ0n) is 33.2. The Morgan fingerprint density at radius 3 is 1.74 bits per heavy atom. The van der Waals surface area contributed by atoms with Crippen LogP contribution in [0.5, 0.6) is 0 Å². The normalized spacial score (nSPS) is 13.4. The minimum absolute atomic E-state index is 0.434. The second kappa shape index (κ2) is 12.1. The average Bonchev–Trinajstić information content (AvgIpc) is 3.94. The molecule has 0 unspecified atom stereocenters. The predicted octanol–water partition coefficient (Wildman–Crippen LogP) is 15.5. The molecule has 0 aliphatic heterocycles. The lowest BCUT2D eigenvalue weighted by Crippen LogP contribution is -2.26. The topological polar surface area (TPSA) is 7.65 Å². The molecule has 2 aliphatic carbocycles. The number of rotatable bonds is 4. The van der Waals surface area contributed by atoms with E-state index in [4.69, 9.17) is 0 Å². The fourth-order valence-corrected chi connectivity index (χ4v) is 11.5. The van der Waals surface area contributed by atoms with Gasteiger partial charge in [0.2, 0.25) is 0 Å². The van der Waals surface area contributed by atoms with E-state index in [2.05, 4.69) is 228 Å². The molecule has 2 heteroatoms. The van der Waals surface area contributed by atoms with E-state index in [1.165, 1.54) is 110 Å². The van der Waals surface area contributed by atoms with Crippen LogP contribution in [0.25, 0.3) is 82.2 Å². The monoisotopic (exact) mass is 772 g/mol. The van der Waals surface area contributed by atoms with Crippen LogP contribution in [0.4, 0.5) is 17.1 Å². The average molecular weight is 773 g/mol. The van der Waals surface area contributed by atoms with Crippen LogP contribution < -0.4 is 4.90 Å². The van der Waals surface area contributed by atoms with E-state index < -0.39 is 5.41 Å². The van der Waals surface area contributed by atoms with Crippen molar-refractivity contribution in [3.05, 3.63) is 241 Å². The highest BCUT2D eigenvalue weighted by molar-refractivity contribution is 6.28. The van der Waals surface area contributed by atoms with Crippen molar-refractivity contribution < 1.29 is 0 Å². The van der Waals surface area contributed by atoms with Crippen LogP contribution in [0, 0.1) is 0 Å². The molecule has 2 aliphatic rings. The number of para-hydroxylation sites is 1. The summed E-state index contributed by atoms with van der Waals surface area (Å²) in [4.78, 5) is 2.51. The quantitative estimate of drug-likeness (QED) is 0.128. The van der Waals surface area contributed by atoms with E-state index in [-0.39, 0.29) is 0 Å². The van der Waals surface area contributed by atoms with Crippen molar-refractivity contribution in [3.63, 3.8) is 0 Å². The molecule has 0 bridgehead atoms. The van der Waals surface area contributed by atoms with Gasteiger partial charge in [-0.25, -0.2) is 0 Å². The van der Waals surface area contributed by atoms with E-state index in [0.29, 0.717) is 0 Å². The second-order valence-corrected chi connectivity index (χ2v) is 16.8. The molecule has 282 valence electrons. The molecule has 0 N–H and O–H groups in total. The Balaban J connectivity index is 1.07. The lowest BCUT2D eigenvalue weighted by atomic mass is 9.70. The minimum Gasteiger partial charge on any atom is -0.310 e. The summed E-state index contributed by atoms with van der Waals surface area (Å²) in [6, 6.07) is 81.5. The molecule has 0 saturated heterocycles. The fourth-order valence-electron chi connectivity index (χ4n) is 11.5. The molecule has 0 radical (unpaired) electrons. The maximum atomic E-state index is 2.51. The molecule has 0 atom stereocenters. The van der Waals surface area contributed by atoms with E-state index >= 15 is 0 Å². The van der Waals surface area contributed by atoms with Gasteiger partial charge in [-0.05, 0) is 103 Å². The van der Waals surface area contributed by atoms with Gasteiger partial charge in [-0.2, -0.15) is 0 Å². The number of hydrogen-bond donors (Lipinski definition) is 0. The zero-order valence-corrected chi connectivity index (χ0v) is 33.2. The Morgan fingerprint density at radius 1 is 0.361 bits per heavy atom. The molecule has 0 saturated carbocycles. The van der Waals surface area contributed by atoms with Crippen LogP contribution in [0.15, 0.2) is 218 Å². The molecule has 61 heavy (non-hydrogen) atoms. The molecule has 2 heterocycles. The van der Waals surface area contributed by atoms with Gasteiger partial charge >= 0.3 is 0 Å². The summed E-state index contributed by atoms with van der Waals surface area (Å²) in [5, 5.41) is 7.69. The highest BCUT2D eigenvalue weighted by Gasteiger charge is 2.52. The Bertz CT molecular complexity index is 3700. The summed E-state index contributed by atoms with van der Waals surface area (Å²) in [6.07, 6.45) is 0. The lowest BCUT2D eigenvalue weighted by molar-refractivity contribution is 0.794. The van der Waals surface area contributed by atoms with Gasteiger partial charge in [0.25, 0.3) is 0 Å². The zero-order chi connectivity index (χ0) is 39.8. The van der Waals surface area contributed by atoms with Crippen molar-refractivity contribution >= 4 is 65.9 Å². The second-order valence-electron chi connectivity index (χ2n) is 16.8. The number of hydrogen-bond acceptors (Lipinski definition) is 1. The summed E-state index contributed by atoms with van der Waals surface area (Å²) in [5.41, 5.74) is 19.7. The van der Waals surface area contributed by atoms with Gasteiger partial charge in [0, 0.05) is 38.5 Å². The molecule has 1 spiro atoms. The van der Waals surface area contributed by atoms with Crippen LogP contribution in [0.3, 0.4) is 0 Å². The highest BCUT2D eigenvalue weighted by atomic mass is 15.1. The smallest absolute Gasteiger partial charge is 0.0726 e. The first-order chi connectivity index (χ1) is 30.3. The Kier molecular flexibility index (Phi) is 6.52. The highest BCUT2D eigenvalue weighted by Crippen LogP contribution is 2.64. The number of nitrogens with zero attached hydrogens (tertiary/aromatic N) is 2. The van der Waals surface area contributed by atoms with Gasteiger partial charge in [-0.15, -0.1) is 0 Å². The molecule has 12 aromatic rings. The fraction of sp³-hybridized carbons (Fsp3) is 0.0169. The van der Waals surface area contributed by atoms with E-state index in [0.717, 1.165) is 11.4 Å². The SMILES string of the molecule is c1ccc(-c2ccc(N(c3ccc4c(c3)c3ccc5cccc6c7ccccc7n4c3c56)c3cccc4c3-c3ccccc3C43c4ccccc4-c4ccccc43)cc2)cc1. The molecule has 14 rings (SSSR count). The Hall–Kier alpha value is -7.94. The third kappa shape index (κ3) is 4.21. The third-order valence-corrected chi connectivity index (χ3v) is 13.9. The first-order valence-corrected chi connectivity index (χ1v) is 21.3. The maximum absolute atomic E-state index is 2.51. The number of fused-ring (bicyclic) bond motifs is 16. The van der Waals surface area contributed by atoms with Crippen molar-refractivity contribution in [2.45, 2.75) is 5.41 Å². The first kappa shape index (κ1) is 33.0. The standard InChI is InChI=1S/C59H36N2/c1-2-14-37(15-3-1)38-28-31-40(32-29-38)60(41-33-35-54-48(36-41)46-34-30-39-16-12-21-45-44-19-7-11-26-53(44)61(54)58(46)56(39)45)55-27-13-25-52-57(55)47-20-6-10-24-51(47)59(52)49-22-8-4-17-42(49)43-18-5-9-23-50(43)59/h1-36H. The lowest BCUT2D eigenvalue weighted by Gasteiger charge is -2.32. The van der Waals surface area contributed by atoms with E-state index in [1.54, 1.807) is 0 Å². The van der Waals surface area contributed by atoms with Gasteiger partial charge in [0.05, 0.1) is 27.7 Å². The molecular weight excluding hydrogens is 737 g/mol. The van der Waals surface area contributed by atoms with Crippen molar-refractivity contribution in [1.82, 2.24) is 4.40 Å². The maximum Gasteiger partial charge on any atom is 0.0726 e. The van der Waals surface area contributed by atoms with Crippen molar-refractivity contribution in [2.75, 3.05) is 4.90 Å². The largest absolute Gasteiger partial charge is 0.310 e. The van der Waals surface area contributed by atoms with Gasteiger partial charge in [-0.1, -0.05) is 176 Å². The van der Waals surface area contributed by atoms with Crippen LogP contribution >= 0.6 is 0 Å². The van der Waals surface area contributed by atoms with Crippen LogP contribution in [0.2, 0.25) is 0 Å². The number of pyridine rings is 1. The van der Waals surface area contributed by atoms with Crippen LogP contribution in [-0.4, -0.2) is 4.40 Å². The van der Waals surface area contributed by atoms with Crippen LogP contribution in [-0.2, 0) is 5.41 Å². The Morgan fingerprint density at radius 2 is 0.951 bits per heavy atom. The van der Waals surface area contributed by atoms with E-state index in [9.17, 15) is 0 Å². The summed E-state index contributed by atoms with van der Waals surface area (Å²) >= 11 is 0. The minimum atomic E-state index is -0.434. The molecule has 2 aromatic heterocycles. The van der Waals surface area contributed by atoms with Crippen molar-refractivity contribution in [2.24, 2.45) is 0 Å². The van der Waals surface area contributed by atoms with Crippen LogP contribution in [0.1, 0.15) is 22.3 Å². The van der Waals surface area contributed by atoms with Crippen molar-refractivity contribution in [1.29, 1.82) is 0 Å². The van der Waals surface area contributed by atoms with Gasteiger partial charge < -0.3 is 9.30 Å². The molecule has 0 amide bonds. The van der Waals surface area contributed by atoms with Gasteiger partial charge in [0.1, 0.15) is 0 Å². The van der Waals surface area contributed by atoms with Crippen molar-refractivity contribution in [3.8, 4) is 33.4 Å². The summed E-state index contributed by atoms with van der Waals surface area (Å²) in [7, 11) is 0. The predicted molar refractivity (Wildman–Crippen MR) is 255 cm³/mol. The third-order valence-electron chi connectivity index (χ3n) is 13.9. The molecule has 2 nitrogen and oxygen atoms in total.